The van der Waals surface area contributed by atoms with E-state index in [0.717, 1.165) is 36.1 Å². The van der Waals surface area contributed by atoms with Crippen LogP contribution in [0.15, 0.2) is 23.0 Å². The minimum atomic E-state index is -0.681. The van der Waals surface area contributed by atoms with Crippen LogP contribution in [0.1, 0.15) is 50.1 Å². The van der Waals surface area contributed by atoms with Gasteiger partial charge >= 0.3 is 5.69 Å². The van der Waals surface area contributed by atoms with Crippen LogP contribution in [0.25, 0.3) is 11.0 Å². The van der Waals surface area contributed by atoms with Gasteiger partial charge in [-0.2, -0.15) is 0 Å². The lowest BCUT2D eigenvalue weighted by molar-refractivity contribution is -0.149. The molecule has 1 unspecified atom stereocenters. The molecule has 1 fully saturated rings. The van der Waals surface area contributed by atoms with Crippen molar-refractivity contribution in [2.24, 2.45) is 7.05 Å². The summed E-state index contributed by atoms with van der Waals surface area (Å²) in [5.41, 5.74) is 1.82. The highest BCUT2D eigenvalue weighted by Gasteiger charge is 2.35. The van der Waals surface area contributed by atoms with E-state index >= 15 is 0 Å². The second-order valence-electron chi connectivity index (χ2n) is 8.29. The molecule has 1 aliphatic heterocycles. The zero-order valence-corrected chi connectivity index (χ0v) is 19.8. The van der Waals surface area contributed by atoms with E-state index in [9.17, 15) is 14.4 Å². The van der Waals surface area contributed by atoms with Crippen LogP contribution in [-0.2, 0) is 26.1 Å². The first-order chi connectivity index (χ1) is 16.5. The van der Waals surface area contributed by atoms with Crippen molar-refractivity contribution in [3.63, 3.8) is 0 Å². The summed E-state index contributed by atoms with van der Waals surface area (Å²) in [4.78, 5) is 38.5. The molecule has 1 saturated heterocycles. The van der Waals surface area contributed by atoms with E-state index in [1.807, 2.05) is 12.1 Å². The van der Waals surface area contributed by atoms with Crippen molar-refractivity contribution >= 4 is 22.8 Å². The Labute approximate surface area is 199 Å². The maximum atomic E-state index is 12.9. The smallest absolute Gasteiger partial charge is 0.329 e. The van der Waals surface area contributed by atoms with Crippen LogP contribution in [-0.4, -0.2) is 59.3 Å². The van der Waals surface area contributed by atoms with Gasteiger partial charge in [0, 0.05) is 39.3 Å². The van der Waals surface area contributed by atoms with Gasteiger partial charge in [0.25, 0.3) is 5.91 Å². The Hall–Kier alpha value is -3.33. The third-order valence-corrected chi connectivity index (χ3v) is 5.94. The molecule has 8 heteroatoms. The van der Waals surface area contributed by atoms with Crippen LogP contribution >= 0.6 is 0 Å². The predicted octanol–water partition coefficient (Wildman–Crippen LogP) is 2.24. The van der Waals surface area contributed by atoms with Crippen LogP contribution in [0, 0.1) is 24.2 Å². The summed E-state index contributed by atoms with van der Waals surface area (Å²) in [5.74, 6) is 7.95. The Morgan fingerprint density at radius 3 is 2.41 bits per heavy atom. The first-order valence-electron chi connectivity index (χ1n) is 11.5. The predicted molar refractivity (Wildman–Crippen MR) is 129 cm³/mol. The summed E-state index contributed by atoms with van der Waals surface area (Å²) in [6, 6.07) is 4.79. The number of ether oxygens (including phenoxy) is 2. The van der Waals surface area contributed by atoms with Gasteiger partial charge in [0.2, 0.25) is 5.91 Å². The quantitative estimate of drug-likeness (QED) is 0.305. The summed E-state index contributed by atoms with van der Waals surface area (Å²) < 4.78 is 13.8. The van der Waals surface area contributed by atoms with Gasteiger partial charge < -0.3 is 9.47 Å². The Balaban J connectivity index is 1.55. The first-order valence-corrected chi connectivity index (χ1v) is 11.5. The summed E-state index contributed by atoms with van der Waals surface area (Å²) in [7, 11) is 3.13. The SMILES string of the molecule is C#CCOCCCCCCOCC#Cc1ccc2c(c1)n(C)c(=O)n2C1CCC(=O)N(C)C1=O. The summed E-state index contributed by atoms with van der Waals surface area (Å²) >= 11 is 0. The number of hydrogen-bond acceptors (Lipinski definition) is 5. The van der Waals surface area contributed by atoms with Crippen molar-refractivity contribution in [3.8, 4) is 24.2 Å². The van der Waals surface area contributed by atoms with Gasteiger partial charge in [0.15, 0.2) is 0 Å². The molecule has 0 saturated carbocycles. The number of unbranched alkanes of at least 4 members (excludes halogenated alkanes) is 3. The number of likely N-dealkylation sites (N-methyl/N-ethyl adjacent to an activating group) is 1. The standard InChI is InChI=1S/C26H31N3O5/c1-4-15-33-16-7-5-6-8-17-34-18-9-10-20-11-12-21-23(19-20)27(2)26(32)29(21)22-13-14-24(30)28(3)25(22)31/h1,11-12,19,22H,5-8,13-18H2,2-3H3. The molecule has 1 atom stereocenters. The number of benzene rings is 1. The average Bonchev–Trinajstić information content (AvgIpc) is 3.08. The van der Waals surface area contributed by atoms with E-state index in [4.69, 9.17) is 15.9 Å². The Morgan fingerprint density at radius 1 is 1.00 bits per heavy atom. The number of carbonyl (C=O) groups excluding carboxylic acids is 2. The van der Waals surface area contributed by atoms with Crippen molar-refractivity contribution in [2.75, 3.05) is 33.5 Å². The molecule has 2 amide bonds. The van der Waals surface area contributed by atoms with Gasteiger partial charge in [0.1, 0.15) is 19.3 Å². The molecule has 0 spiro atoms. The first kappa shape index (κ1) is 25.3. The molecule has 0 aliphatic carbocycles. The van der Waals surface area contributed by atoms with Crippen molar-refractivity contribution in [1.82, 2.24) is 14.0 Å². The number of imidazole rings is 1. The fourth-order valence-corrected chi connectivity index (χ4v) is 4.03. The second kappa shape index (κ2) is 12.2. The highest BCUT2D eigenvalue weighted by Crippen LogP contribution is 2.26. The molecule has 2 heterocycles. The number of likely N-dealkylation sites (tertiary alicyclic amines) is 1. The highest BCUT2D eigenvalue weighted by atomic mass is 16.5. The zero-order chi connectivity index (χ0) is 24.5. The lowest BCUT2D eigenvalue weighted by Crippen LogP contribution is -2.45. The summed E-state index contributed by atoms with van der Waals surface area (Å²) in [6.07, 6.45) is 9.80. The van der Waals surface area contributed by atoms with Crippen LogP contribution in [0.5, 0.6) is 0 Å². The molecule has 1 aromatic carbocycles. The molecule has 2 aromatic rings. The highest BCUT2D eigenvalue weighted by molar-refractivity contribution is 5.99. The van der Waals surface area contributed by atoms with E-state index in [1.165, 1.54) is 16.2 Å². The zero-order valence-electron chi connectivity index (χ0n) is 19.8. The Morgan fingerprint density at radius 2 is 1.71 bits per heavy atom. The lowest BCUT2D eigenvalue weighted by Gasteiger charge is -2.28. The van der Waals surface area contributed by atoms with Crippen molar-refractivity contribution < 1.29 is 19.1 Å². The third-order valence-electron chi connectivity index (χ3n) is 5.94. The normalized spacial score (nSPS) is 15.9. The van der Waals surface area contributed by atoms with Gasteiger partial charge in [-0.25, -0.2) is 4.79 Å². The summed E-state index contributed by atoms with van der Waals surface area (Å²) in [5, 5.41) is 0. The molecular formula is C26H31N3O5. The molecule has 34 heavy (non-hydrogen) atoms. The average molecular weight is 466 g/mol. The summed E-state index contributed by atoms with van der Waals surface area (Å²) in [6.45, 7) is 2.06. The molecular weight excluding hydrogens is 434 g/mol. The Bertz CT molecular complexity index is 1190. The number of piperidine rings is 1. The minimum Gasteiger partial charge on any atom is -0.369 e. The van der Waals surface area contributed by atoms with Crippen LogP contribution in [0.4, 0.5) is 0 Å². The van der Waals surface area contributed by atoms with Crippen molar-refractivity contribution in [3.05, 3.63) is 34.2 Å². The molecule has 0 radical (unpaired) electrons. The van der Waals surface area contributed by atoms with Crippen LogP contribution < -0.4 is 5.69 Å². The van der Waals surface area contributed by atoms with Gasteiger partial charge in [-0.3, -0.25) is 23.6 Å². The van der Waals surface area contributed by atoms with Gasteiger partial charge in [-0.05, 0) is 37.5 Å². The number of terminal acetylenes is 1. The Kier molecular flexibility index (Phi) is 9.09. The largest absolute Gasteiger partial charge is 0.369 e. The molecule has 180 valence electrons. The van der Waals surface area contributed by atoms with Gasteiger partial charge in [0.05, 0.1) is 11.0 Å². The molecule has 8 nitrogen and oxygen atoms in total. The van der Waals surface area contributed by atoms with E-state index in [1.54, 1.807) is 13.1 Å². The molecule has 1 aliphatic rings. The van der Waals surface area contributed by atoms with Crippen LogP contribution in [0.2, 0.25) is 0 Å². The maximum Gasteiger partial charge on any atom is 0.329 e. The number of amides is 2. The number of fused-ring (bicyclic) bond motifs is 1. The number of nitrogens with zero attached hydrogens (tertiary/aromatic N) is 3. The molecule has 1 aromatic heterocycles. The van der Waals surface area contributed by atoms with E-state index in [-0.39, 0.29) is 23.9 Å². The van der Waals surface area contributed by atoms with E-state index < -0.39 is 6.04 Å². The maximum absolute atomic E-state index is 12.9. The second-order valence-corrected chi connectivity index (χ2v) is 8.29. The minimum absolute atomic E-state index is 0.222. The number of aryl methyl sites for hydroxylation is 1. The number of carbonyl (C=O) groups is 2. The molecule has 3 rings (SSSR count). The van der Waals surface area contributed by atoms with Crippen molar-refractivity contribution in [2.45, 2.75) is 44.6 Å². The van der Waals surface area contributed by atoms with E-state index in [2.05, 4.69) is 17.8 Å². The van der Waals surface area contributed by atoms with Crippen LogP contribution in [0.3, 0.4) is 0 Å². The van der Waals surface area contributed by atoms with Crippen molar-refractivity contribution in [1.29, 1.82) is 0 Å². The number of imide groups is 1. The third kappa shape index (κ3) is 5.96. The van der Waals surface area contributed by atoms with Gasteiger partial charge in [-0.15, -0.1) is 6.42 Å². The molecule has 0 bridgehead atoms. The topological polar surface area (TPSA) is 82.8 Å². The van der Waals surface area contributed by atoms with E-state index in [0.29, 0.717) is 43.9 Å². The number of rotatable bonds is 10. The number of aromatic nitrogens is 2. The molecule has 0 N–H and O–H groups in total. The van der Waals surface area contributed by atoms with Gasteiger partial charge in [-0.1, -0.05) is 30.6 Å². The number of hydrogen-bond donors (Lipinski definition) is 0. The fourth-order valence-electron chi connectivity index (χ4n) is 4.03. The fraction of sp³-hybridized carbons (Fsp3) is 0.500. The monoisotopic (exact) mass is 465 g/mol. The lowest BCUT2D eigenvalue weighted by atomic mass is 10.0.